The molecule has 1 aromatic carbocycles. The van der Waals surface area contributed by atoms with Crippen molar-refractivity contribution < 1.29 is 0 Å². The maximum Gasteiger partial charge on any atom is 0.128 e. The molecule has 0 spiro atoms. The van der Waals surface area contributed by atoms with Crippen LogP contribution in [0.4, 0.5) is 5.82 Å². The molecule has 0 N–H and O–H groups in total. The Kier molecular flexibility index (Phi) is 6.28. The van der Waals surface area contributed by atoms with E-state index in [2.05, 4.69) is 43.9 Å². The highest BCUT2D eigenvalue weighted by atomic mass is 35.5. The van der Waals surface area contributed by atoms with Crippen LogP contribution in [0.1, 0.15) is 18.4 Å². The molecule has 1 aromatic heterocycles. The van der Waals surface area contributed by atoms with Crippen LogP contribution in [0.25, 0.3) is 0 Å². The molecule has 2 fully saturated rings. The largest absolute Gasteiger partial charge is 0.354 e. The van der Waals surface area contributed by atoms with Gasteiger partial charge < -0.3 is 4.90 Å². The van der Waals surface area contributed by atoms with Gasteiger partial charge >= 0.3 is 0 Å². The van der Waals surface area contributed by atoms with Crippen LogP contribution < -0.4 is 4.90 Å². The molecule has 144 valence electrons. The van der Waals surface area contributed by atoms with E-state index in [9.17, 15) is 0 Å². The summed E-state index contributed by atoms with van der Waals surface area (Å²) in [5.41, 5.74) is 1.25. The van der Waals surface area contributed by atoms with Gasteiger partial charge in [0, 0.05) is 57.0 Å². The molecule has 0 bridgehead atoms. The van der Waals surface area contributed by atoms with Gasteiger partial charge in [0.1, 0.15) is 5.82 Å². The summed E-state index contributed by atoms with van der Waals surface area (Å²) in [5, 5.41) is 0.894. The third-order valence-corrected chi connectivity index (χ3v) is 6.19. The summed E-state index contributed by atoms with van der Waals surface area (Å²) in [6, 6.07) is 14.4. The van der Waals surface area contributed by atoms with E-state index in [4.69, 9.17) is 11.6 Å². The van der Waals surface area contributed by atoms with Gasteiger partial charge in [0.2, 0.25) is 0 Å². The minimum absolute atomic E-state index is 0.766. The van der Waals surface area contributed by atoms with Crippen LogP contribution in [0.2, 0.25) is 5.02 Å². The molecule has 0 amide bonds. The van der Waals surface area contributed by atoms with Gasteiger partial charge in [0.25, 0.3) is 0 Å². The molecule has 0 radical (unpaired) electrons. The SMILES string of the molecule is Clc1ccccc1CN1CCC[C@@H](CN2CCN(c3ccccn3)CC2)C1. The lowest BCUT2D eigenvalue weighted by Gasteiger charge is -2.39. The van der Waals surface area contributed by atoms with Crippen molar-refractivity contribution in [3.8, 4) is 0 Å². The second-order valence-electron chi connectivity index (χ2n) is 7.81. The van der Waals surface area contributed by atoms with Crippen LogP contribution in [-0.2, 0) is 6.54 Å². The van der Waals surface area contributed by atoms with Gasteiger partial charge in [-0.1, -0.05) is 35.9 Å². The Morgan fingerprint density at radius 2 is 1.74 bits per heavy atom. The number of piperazine rings is 1. The lowest BCUT2D eigenvalue weighted by atomic mass is 9.96. The molecule has 0 aliphatic carbocycles. The second kappa shape index (κ2) is 9.05. The predicted octanol–water partition coefficient (Wildman–Crippen LogP) is 3.77. The molecule has 1 atom stereocenters. The summed E-state index contributed by atoms with van der Waals surface area (Å²) in [5.74, 6) is 1.88. The number of likely N-dealkylation sites (tertiary alicyclic amines) is 1. The summed E-state index contributed by atoms with van der Waals surface area (Å²) in [7, 11) is 0. The minimum atomic E-state index is 0.766. The van der Waals surface area contributed by atoms with Gasteiger partial charge in [0.05, 0.1) is 0 Å². The second-order valence-corrected chi connectivity index (χ2v) is 8.22. The quantitative estimate of drug-likeness (QED) is 0.782. The van der Waals surface area contributed by atoms with E-state index in [-0.39, 0.29) is 0 Å². The van der Waals surface area contributed by atoms with E-state index in [0.717, 1.165) is 49.5 Å². The van der Waals surface area contributed by atoms with Crippen LogP contribution >= 0.6 is 11.6 Å². The maximum atomic E-state index is 6.36. The third-order valence-electron chi connectivity index (χ3n) is 5.82. The van der Waals surface area contributed by atoms with Gasteiger partial charge in [-0.2, -0.15) is 0 Å². The molecule has 2 aromatic rings. The topological polar surface area (TPSA) is 22.6 Å². The Morgan fingerprint density at radius 3 is 2.52 bits per heavy atom. The Hall–Kier alpha value is -1.62. The lowest BCUT2D eigenvalue weighted by Crippen LogP contribution is -2.49. The molecule has 2 aliphatic rings. The van der Waals surface area contributed by atoms with E-state index < -0.39 is 0 Å². The predicted molar refractivity (Wildman–Crippen MR) is 112 cm³/mol. The first-order chi connectivity index (χ1) is 13.3. The fraction of sp³-hybridized carbons (Fsp3) is 0.500. The molecule has 3 heterocycles. The zero-order chi connectivity index (χ0) is 18.5. The van der Waals surface area contributed by atoms with E-state index in [0.29, 0.717) is 0 Å². The molecule has 4 nitrogen and oxygen atoms in total. The summed E-state index contributed by atoms with van der Waals surface area (Å²) in [6.45, 7) is 8.99. The van der Waals surface area contributed by atoms with Crippen LogP contribution in [0.3, 0.4) is 0 Å². The number of rotatable bonds is 5. The number of pyridine rings is 1. The molecule has 0 saturated carbocycles. The zero-order valence-electron chi connectivity index (χ0n) is 15.9. The normalized spacial score (nSPS) is 22.1. The molecular formula is C22H29ClN4. The van der Waals surface area contributed by atoms with Crippen LogP contribution in [0.5, 0.6) is 0 Å². The van der Waals surface area contributed by atoms with Gasteiger partial charge in [-0.15, -0.1) is 0 Å². The van der Waals surface area contributed by atoms with E-state index in [1.54, 1.807) is 0 Å². The van der Waals surface area contributed by atoms with Crippen molar-refractivity contribution >= 4 is 17.4 Å². The highest BCUT2D eigenvalue weighted by Gasteiger charge is 2.25. The third kappa shape index (κ3) is 5.01. The monoisotopic (exact) mass is 384 g/mol. The van der Waals surface area contributed by atoms with Crippen molar-refractivity contribution in [1.29, 1.82) is 0 Å². The Labute approximate surface area is 167 Å². The first-order valence-electron chi connectivity index (χ1n) is 10.1. The maximum absolute atomic E-state index is 6.36. The lowest BCUT2D eigenvalue weighted by molar-refractivity contribution is 0.125. The molecule has 5 heteroatoms. The average molecular weight is 385 g/mol. The Bertz CT molecular complexity index is 715. The van der Waals surface area contributed by atoms with Crippen LogP contribution in [0.15, 0.2) is 48.7 Å². The molecule has 2 saturated heterocycles. The highest BCUT2D eigenvalue weighted by Crippen LogP contribution is 2.23. The Balaban J connectivity index is 1.26. The minimum Gasteiger partial charge on any atom is -0.354 e. The van der Waals surface area contributed by atoms with Gasteiger partial charge in [-0.25, -0.2) is 4.98 Å². The molecule has 2 aliphatic heterocycles. The van der Waals surface area contributed by atoms with Crippen molar-refractivity contribution in [3.63, 3.8) is 0 Å². The number of hydrogen-bond acceptors (Lipinski definition) is 4. The van der Waals surface area contributed by atoms with Crippen molar-refractivity contribution in [2.75, 3.05) is 50.7 Å². The summed E-state index contributed by atoms with van der Waals surface area (Å²) < 4.78 is 0. The number of aromatic nitrogens is 1. The first kappa shape index (κ1) is 18.7. The molecule has 27 heavy (non-hydrogen) atoms. The Morgan fingerprint density at radius 1 is 0.926 bits per heavy atom. The summed E-state index contributed by atoms with van der Waals surface area (Å²) >= 11 is 6.36. The summed E-state index contributed by atoms with van der Waals surface area (Å²) in [4.78, 5) is 12.1. The van der Waals surface area contributed by atoms with E-state index >= 15 is 0 Å². The van der Waals surface area contributed by atoms with Crippen molar-refractivity contribution in [3.05, 3.63) is 59.2 Å². The van der Waals surface area contributed by atoms with Crippen LogP contribution in [0, 0.1) is 5.92 Å². The van der Waals surface area contributed by atoms with Gasteiger partial charge in [-0.05, 0) is 49.1 Å². The first-order valence-corrected chi connectivity index (χ1v) is 10.5. The number of piperidine rings is 1. The van der Waals surface area contributed by atoms with Gasteiger partial charge in [-0.3, -0.25) is 9.80 Å². The molecule has 4 rings (SSSR count). The van der Waals surface area contributed by atoms with Crippen molar-refractivity contribution in [2.24, 2.45) is 5.92 Å². The smallest absolute Gasteiger partial charge is 0.128 e. The number of halogens is 1. The number of hydrogen-bond donors (Lipinski definition) is 0. The fourth-order valence-corrected chi connectivity index (χ4v) is 4.57. The highest BCUT2D eigenvalue weighted by molar-refractivity contribution is 6.31. The van der Waals surface area contributed by atoms with Gasteiger partial charge in [0.15, 0.2) is 0 Å². The summed E-state index contributed by atoms with van der Waals surface area (Å²) in [6.07, 6.45) is 4.53. The number of anilines is 1. The number of nitrogens with zero attached hydrogens (tertiary/aromatic N) is 4. The standard InChI is InChI=1S/C22H29ClN4/c23-21-8-2-1-7-20(21)18-26-11-5-6-19(17-26)16-25-12-14-27(15-13-25)22-9-3-4-10-24-22/h1-4,7-10,19H,5-6,11-18H2/t19-/m0/s1. The van der Waals surface area contributed by atoms with Crippen molar-refractivity contribution in [1.82, 2.24) is 14.8 Å². The zero-order valence-corrected chi connectivity index (χ0v) is 16.7. The van der Waals surface area contributed by atoms with E-state index in [1.807, 2.05) is 24.4 Å². The molecular weight excluding hydrogens is 356 g/mol. The number of benzene rings is 1. The van der Waals surface area contributed by atoms with Crippen LogP contribution in [-0.4, -0.2) is 60.6 Å². The average Bonchev–Trinajstić information content (AvgIpc) is 2.71. The molecule has 0 unspecified atom stereocenters. The fourth-order valence-electron chi connectivity index (χ4n) is 4.38. The van der Waals surface area contributed by atoms with E-state index in [1.165, 1.54) is 38.0 Å². The van der Waals surface area contributed by atoms with Crippen molar-refractivity contribution in [2.45, 2.75) is 19.4 Å².